The number of rotatable bonds is 7. The van der Waals surface area contributed by atoms with Crippen molar-refractivity contribution in [3.05, 3.63) is 48.3 Å². The highest BCUT2D eigenvalue weighted by Crippen LogP contribution is 2.14. The molecule has 0 spiro atoms. The van der Waals surface area contributed by atoms with E-state index in [1.54, 1.807) is 6.20 Å². The average Bonchev–Trinajstić information content (AvgIpc) is 2.97. The summed E-state index contributed by atoms with van der Waals surface area (Å²) in [5, 5.41) is 7.82. The topological polar surface area (TPSA) is 55.9 Å². The van der Waals surface area contributed by atoms with Crippen LogP contribution >= 0.6 is 0 Å². The number of nitrogens with two attached hydrogens (primary N) is 1. The van der Waals surface area contributed by atoms with E-state index in [1.165, 1.54) is 5.56 Å². The van der Waals surface area contributed by atoms with Crippen molar-refractivity contribution < 1.29 is 0 Å². The summed E-state index contributed by atoms with van der Waals surface area (Å²) >= 11 is 0. The van der Waals surface area contributed by atoms with Crippen molar-refractivity contribution in [3.63, 3.8) is 0 Å². The Morgan fingerprint density at radius 3 is 2.70 bits per heavy atom. The first-order chi connectivity index (χ1) is 9.72. The van der Waals surface area contributed by atoms with Crippen LogP contribution in [0, 0.1) is 11.8 Å². The maximum Gasteiger partial charge on any atom is 0.0690 e. The van der Waals surface area contributed by atoms with Crippen molar-refractivity contribution in [1.82, 2.24) is 15.1 Å². The van der Waals surface area contributed by atoms with Crippen molar-refractivity contribution in [3.8, 4) is 5.69 Å². The van der Waals surface area contributed by atoms with Gasteiger partial charge in [-0.05, 0) is 42.6 Å². The second kappa shape index (κ2) is 7.22. The van der Waals surface area contributed by atoms with Crippen LogP contribution in [-0.2, 0) is 6.54 Å². The molecule has 0 amide bonds. The molecule has 4 heteroatoms. The standard InChI is InChI=1S/C16H24N4/c1-13(2)15(10-17)12-18-11-14-6-3-4-7-16(14)20-9-5-8-19-20/h3-9,13,15,18H,10-12,17H2,1-2H3. The molecule has 2 aromatic rings. The Morgan fingerprint density at radius 1 is 1.25 bits per heavy atom. The van der Waals surface area contributed by atoms with E-state index >= 15 is 0 Å². The van der Waals surface area contributed by atoms with Gasteiger partial charge in [0.05, 0.1) is 5.69 Å². The van der Waals surface area contributed by atoms with Crippen molar-refractivity contribution >= 4 is 0 Å². The van der Waals surface area contributed by atoms with Gasteiger partial charge in [0, 0.05) is 18.9 Å². The smallest absolute Gasteiger partial charge is 0.0690 e. The molecule has 1 aromatic carbocycles. The lowest BCUT2D eigenvalue weighted by molar-refractivity contribution is 0.370. The number of hydrogen-bond acceptors (Lipinski definition) is 3. The second-order valence-corrected chi connectivity index (χ2v) is 5.45. The monoisotopic (exact) mass is 272 g/mol. The zero-order valence-electron chi connectivity index (χ0n) is 12.3. The molecule has 4 nitrogen and oxygen atoms in total. The minimum atomic E-state index is 0.520. The molecule has 0 aliphatic carbocycles. The molecule has 2 rings (SSSR count). The van der Waals surface area contributed by atoms with Crippen LogP contribution in [0.4, 0.5) is 0 Å². The highest BCUT2D eigenvalue weighted by molar-refractivity contribution is 5.40. The van der Waals surface area contributed by atoms with Crippen LogP contribution in [0.25, 0.3) is 5.69 Å². The number of benzene rings is 1. The highest BCUT2D eigenvalue weighted by Gasteiger charge is 2.11. The summed E-state index contributed by atoms with van der Waals surface area (Å²) in [5.41, 5.74) is 8.18. The normalized spacial score (nSPS) is 12.8. The quantitative estimate of drug-likeness (QED) is 0.812. The summed E-state index contributed by atoms with van der Waals surface area (Å²) in [6.07, 6.45) is 3.77. The molecule has 0 radical (unpaired) electrons. The van der Waals surface area contributed by atoms with E-state index in [1.807, 2.05) is 23.0 Å². The Balaban J connectivity index is 2.00. The van der Waals surface area contributed by atoms with Gasteiger partial charge in [-0.25, -0.2) is 4.68 Å². The third-order valence-electron chi connectivity index (χ3n) is 3.71. The van der Waals surface area contributed by atoms with E-state index in [0.717, 1.165) is 25.3 Å². The lowest BCUT2D eigenvalue weighted by Crippen LogP contribution is -2.31. The molecular weight excluding hydrogens is 248 g/mol. The zero-order valence-corrected chi connectivity index (χ0v) is 12.3. The van der Waals surface area contributed by atoms with E-state index in [4.69, 9.17) is 5.73 Å². The summed E-state index contributed by atoms with van der Waals surface area (Å²) in [7, 11) is 0. The van der Waals surface area contributed by atoms with Gasteiger partial charge in [-0.2, -0.15) is 5.10 Å². The first-order valence-corrected chi connectivity index (χ1v) is 7.21. The molecule has 0 saturated heterocycles. The fourth-order valence-corrected chi connectivity index (χ4v) is 2.28. The summed E-state index contributed by atoms with van der Waals surface area (Å²) in [6, 6.07) is 10.3. The Kier molecular flexibility index (Phi) is 5.32. The number of para-hydroxylation sites is 1. The summed E-state index contributed by atoms with van der Waals surface area (Å²) < 4.78 is 1.90. The SMILES string of the molecule is CC(C)C(CN)CNCc1ccccc1-n1cccn1. The lowest BCUT2D eigenvalue weighted by atomic mass is 9.96. The van der Waals surface area contributed by atoms with Crippen LogP contribution < -0.4 is 11.1 Å². The van der Waals surface area contributed by atoms with Gasteiger partial charge in [0.2, 0.25) is 0 Å². The molecule has 0 aliphatic rings. The predicted molar refractivity (Wildman–Crippen MR) is 82.7 cm³/mol. The molecular formula is C16H24N4. The Bertz CT molecular complexity index is 505. The van der Waals surface area contributed by atoms with Crippen LogP contribution in [0.5, 0.6) is 0 Å². The fourth-order valence-electron chi connectivity index (χ4n) is 2.28. The second-order valence-electron chi connectivity index (χ2n) is 5.45. The molecule has 1 heterocycles. The molecule has 0 fully saturated rings. The van der Waals surface area contributed by atoms with Crippen LogP contribution in [0.1, 0.15) is 19.4 Å². The molecule has 0 aliphatic heterocycles. The van der Waals surface area contributed by atoms with Crippen LogP contribution in [0.15, 0.2) is 42.7 Å². The van der Waals surface area contributed by atoms with Crippen LogP contribution in [0.3, 0.4) is 0 Å². The largest absolute Gasteiger partial charge is 0.330 e. The van der Waals surface area contributed by atoms with Crippen molar-refractivity contribution in [2.45, 2.75) is 20.4 Å². The van der Waals surface area contributed by atoms with E-state index in [-0.39, 0.29) is 0 Å². The molecule has 1 unspecified atom stereocenters. The van der Waals surface area contributed by atoms with Gasteiger partial charge in [0.1, 0.15) is 0 Å². The van der Waals surface area contributed by atoms with E-state index < -0.39 is 0 Å². The minimum absolute atomic E-state index is 0.520. The molecule has 20 heavy (non-hydrogen) atoms. The van der Waals surface area contributed by atoms with Crippen LogP contribution in [-0.4, -0.2) is 22.9 Å². The van der Waals surface area contributed by atoms with Gasteiger partial charge in [-0.15, -0.1) is 0 Å². The molecule has 1 aromatic heterocycles. The lowest BCUT2D eigenvalue weighted by Gasteiger charge is -2.19. The third kappa shape index (κ3) is 3.68. The molecule has 108 valence electrons. The molecule has 0 saturated carbocycles. The van der Waals surface area contributed by atoms with Gasteiger partial charge in [-0.1, -0.05) is 32.0 Å². The number of hydrogen-bond donors (Lipinski definition) is 2. The van der Waals surface area contributed by atoms with E-state index in [9.17, 15) is 0 Å². The maximum atomic E-state index is 5.81. The van der Waals surface area contributed by atoms with Gasteiger partial charge in [0.25, 0.3) is 0 Å². The minimum Gasteiger partial charge on any atom is -0.330 e. The van der Waals surface area contributed by atoms with Gasteiger partial charge in [-0.3, -0.25) is 0 Å². The third-order valence-corrected chi connectivity index (χ3v) is 3.71. The molecule has 0 bridgehead atoms. The predicted octanol–water partition coefficient (Wildman–Crippen LogP) is 2.19. The number of nitrogens with zero attached hydrogens (tertiary/aromatic N) is 2. The maximum absolute atomic E-state index is 5.81. The Morgan fingerprint density at radius 2 is 2.05 bits per heavy atom. The zero-order chi connectivity index (χ0) is 14.4. The first-order valence-electron chi connectivity index (χ1n) is 7.21. The summed E-state index contributed by atoms with van der Waals surface area (Å²) in [4.78, 5) is 0. The van der Waals surface area contributed by atoms with E-state index in [2.05, 4.69) is 42.5 Å². The van der Waals surface area contributed by atoms with Crippen LogP contribution in [0.2, 0.25) is 0 Å². The Labute approximate surface area is 121 Å². The van der Waals surface area contributed by atoms with Gasteiger partial charge in [0.15, 0.2) is 0 Å². The fraction of sp³-hybridized carbons (Fsp3) is 0.438. The van der Waals surface area contributed by atoms with Crippen molar-refractivity contribution in [2.75, 3.05) is 13.1 Å². The molecule has 1 atom stereocenters. The first kappa shape index (κ1) is 14.8. The van der Waals surface area contributed by atoms with Crippen molar-refractivity contribution in [2.24, 2.45) is 17.6 Å². The Hall–Kier alpha value is -1.65. The van der Waals surface area contributed by atoms with E-state index in [0.29, 0.717) is 11.8 Å². The molecule has 3 N–H and O–H groups in total. The number of nitrogens with one attached hydrogen (secondary N) is 1. The summed E-state index contributed by atoms with van der Waals surface area (Å²) in [5.74, 6) is 1.13. The average molecular weight is 272 g/mol. The van der Waals surface area contributed by atoms with Gasteiger partial charge < -0.3 is 11.1 Å². The highest BCUT2D eigenvalue weighted by atomic mass is 15.3. The van der Waals surface area contributed by atoms with Gasteiger partial charge >= 0.3 is 0 Å². The summed E-state index contributed by atoms with van der Waals surface area (Å²) in [6.45, 7) is 6.94. The number of aromatic nitrogens is 2. The van der Waals surface area contributed by atoms with Crippen molar-refractivity contribution in [1.29, 1.82) is 0 Å².